The molecule has 0 saturated heterocycles. The van der Waals surface area contributed by atoms with Crippen molar-refractivity contribution in [1.82, 2.24) is 0 Å². The van der Waals surface area contributed by atoms with Gasteiger partial charge in [-0.2, -0.15) is 0 Å². The zero-order chi connectivity index (χ0) is 14.6. The van der Waals surface area contributed by atoms with Crippen LogP contribution in [-0.4, -0.2) is 18.8 Å². The van der Waals surface area contributed by atoms with E-state index in [1.54, 1.807) is 7.11 Å². The minimum Gasteiger partial charge on any atom is -0.496 e. The lowest BCUT2D eigenvalue weighted by Gasteiger charge is -2.25. The number of hydrogen-bond donors (Lipinski definition) is 2. The fraction of sp³-hybridized carbons (Fsp3) is 0.294. The molecular weight excluding hydrogens is 250 g/mol. The second kappa shape index (κ2) is 5.97. The Hall–Kier alpha value is -2.00. The minimum absolute atomic E-state index is 0.447. The molecule has 0 saturated carbocycles. The van der Waals surface area contributed by atoms with Crippen LogP contribution in [0.1, 0.15) is 18.1 Å². The number of nitrogens with one attached hydrogen (secondary N) is 1. The first-order chi connectivity index (χ1) is 9.53. The van der Waals surface area contributed by atoms with Crippen LogP contribution in [0, 0.1) is 6.92 Å². The van der Waals surface area contributed by atoms with Gasteiger partial charge < -0.3 is 15.2 Å². The monoisotopic (exact) mass is 271 g/mol. The molecule has 0 fully saturated rings. The largest absolute Gasteiger partial charge is 0.496 e. The molecule has 2 N–H and O–H groups in total. The van der Waals surface area contributed by atoms with Crippen LogP contribution in [0.25, 0.3) is 0 Å². The van der Waals surface area contributed by atoms with Gasteiger partial charge >= 0.3 is 0 Å². The maximum absolute atomic E-state index is 10.5. The minimum atomic E-state index is -0.908. The van der Waals surface area contributed by atoms with Crippen molar-refractivity contribution in [2.75, 3.05) is 19.0 Å². The van der Waals surface area contributed by atoms with E-state index in [4.69, 9.17) is 4.74 Å². The molecule has 2 rings (SSSR count). The molecule has 0 aliphatic rings. The summed E-state index contributed by atoms with van der Waals surface area (Å²) in [5, 5.41) is 13.8. The summed E-state index contributed by atoms with van der Waals surface area (Å²) >= 11 is 0. The van der Waals surface area contributed by atoms with Gasteiger partial charge in [0.05, 0.1) is 7.11 Å². The van der Waals surface area contributed by atoms with Gasteiger partial charge in [0.15, 0.2) is 0 Å². The second-order valence-corrected chi connectivity index (χ2v) is 5.18. The van der Waals surface area contributed by atoms with Gasteiger partial charge in [-0.05, 0) is 43.2 Å². The Bertz CT molecular complexity index is 564. The van der Waals surface area contributed by atoms with Crippen LogP contribution in [0.15, 0.2) is 48.5 Å². The van der Waals surface area contributed by atoms with E-state index in [-0.39, 0.29) is 0 Å². The van der Waals surface area contributed by atoms with Crippen molar-refractivity contribution in [3.05, 3.63) is 59.7 Å². The van der Waals surface area contributed by atoms with Crippen molar-refractivity contribution in [1.29, 1.82) is 0 Å². The zero-order valence-corrected chi connectivity index (χ0v) is 12.2. The lowest BCUT2D eigenvalue weighted by molar-refractivity contribution is 0.0715. The number of methoxy groups -OCH3 is 1. The standard InChI is InChI=1S/C17H21NO2/c1-13-11-15(9-10-16(13)20-3)18-12-17(2,19)14-7-5-4-6-8-14/h4-11,18-19H,12H2,1-3H3. The van der Waals surface area contributed by atoms with Crippen molar-refractivity contribution in [3.8, 4) is 5.75 Å². The van der Waals surface area contributed by atoms with Crippen molar-refractivity contribution in [2.24, 2.45) is 0 Å². The summed E-state index contributed by atoms with van der Waals surface area (Å²) in [6.45, 7) is 4.26. The van der Waals surface area contributed by atoms with E-state index in [9.17, 15) is 5.11 Å². The lowest BCUT2D eigenvalue weighted by atomic mass is 9.96. The van der Waals surface area contributed by atoms with Gasteiger partial charge in [-0.1, -0.05) is 30.3 Å². The van der Waals surface area contributed by atoms with Crippen LogP contribution >= 0.6 is 0 Å². The predicted molar refractivity (Wildman–Crippen MR) is 82.2 cm³/mol. The van der Waals surface area contributed by atoms with Crippen LogP contribution in [0.3, 0.4) is 0 Å². The third-order valence-corrected chi connectivity index (χ3v) is 3.43. The molecule has 0 heterocycles. The molecule has 0 aliphatic heterocycles. The molecule has 106 valence electrons. The Morgan fingerprint density at radius 3 is 2.45 bits per heavy atom. The van der Waals surface area contributed by atoms with Gasteiger partial charge in [0.2, 0.25) is 0 Å². The fourth-order valence-electron chi connectivity index (χ4n) is 2.16. The van der Waals surface area contributed by atoms with Crippen LogP contribution in [0.5, 0.6) is 5.75 Å². The molecule has 1 unspecified atom stereocenters. The number of aryl methyl sites for hydroxylation is 1. The van der Waals surface area contributed by atoms with Gasteiger partial charge in [0.25, 0.3) is 0 Å². The van der Waals surface area contributed by atoms with Gasteiger partial charge in [0, 0.05) is 12.2 Å². The van der Waals surface area contributed by atoms with E-state index in [0.717, 1.165) is 22.6 Å². The van der Waals surface area contributed by atoms with Crippen molar-refractivity contribution < 1.29 is 9.84 Å². The number of anilines is 1. The average Bonchev–Trinajstić information content (AvgIpc) is 2.46. The summed E-state index contributed by atoms with van der Waals surface area (Å²) in [6.07, 6.45) is 0. The van der Waals surface area contributed by atoms with E-state index in [1.165, 1.54) is 0 Å². The smallest absolute Gasteiger partial charge is 0.121 e. The van der Waals surface area contributed by atoms with Crippen LogP contribution in [0.4, 0.5) is 5.69 Å². The number of hydrogen-bond acceptors (Lipinski definition) is 3. The Morgan fingerprint density at radius 2 is 1.85 bits per heavy atom. The average molecular weight is 271 g/mol. The fourth-order valence-corrected chi connectivity index (χ4v) is 2.16. The summed E-state index contributed by atoms with van der Waals surface area (Å²) < 4.78 is 5.24. The van der Waals surface area contributed by atoms with E-state index in [1.807, 2.05) is 62.4 Å². The number of benzene rings is 2. The summed E-state index contributed by atoms with van der Waals surface area (Å²) in [5.74, 6) is 0.866. The normalized spacial score (nSPS) is 13.6. The maximum atomic E-state index is 10.5. The second-order valence-electron chi connectivity index (χ2n) is 5.18. The maximum Gasteiger partial charge on any atom is 0.121 e. The van der Waals surface area contributed by atoms with Gasteiger partial charge in [-0.25, -0.2) is 0 Å². The molecule has 0 bridgehead atoms. The molecule has 20 heavy (non-hydrogen) atoms. The zero-order valence-electron chi connectivity index (χ0n) is 12.2. The van der Waals surface area contributed by atoms with Crippen molar-refractivity contribution in [3.63, 3.8) is 0 Å². The molecule has 3 nitrogen and oxygen atoms in total. The van der Waals surface area contributed by atoms with Crippen LogP contribution in [-0.2, 0) is 5.60 Å². The number of rotatable bonds is 5. The molecule has 0 aliphatic carbocycles. The van der Waals surface area contributed by atoms with Crippen molar-refractivity contribution in [2.45, 2.75) is 19.4 Å². The number of aliphatic hydroxyl groups is 1. The molecular formula is C17H21NO2. The van der Waals surface area contributed by atoms with E-state index >= 15 is 0 Å². The first-order valence-corrected chi connectivity index (χ1v) is 6.69. The molecule has 1 atom stereocenters. The van der Waals surface area contributed by atoms with Gasteiger partial charge in [-0.3, -0.25) is 0 Å². The molecule has 0 spiro atoms. The lowest BCUT2D eigenvalue weighted by Crippen LogP contribution is -2.30. The van der Waals surface area contributed by atoms with Crippen LogP contribution in [0.2, 0.25) is 0 Å². The predicted octanol–water partition coefficient (Wildman–Crippen LogP) is 3.32. The molecule has 0 radical (unpaired) electrons. The van der Waals surface area contributed by atoms with E-state index in [2.05, 4.69) is 5.32 Å². The Labute approximate surface area is 120 Å². The highest BCUT2D eigenvalue weighted by molar-refractivity contribution is 5.51. The third kappa shape index (κ3) is 3.31. The molecule has 0 amide bonds. The summed E-state index contributed by atoms with van der Waals surface area (Å²) in [5.41, 5.74) is 2.03. The molecule has 3 heteroatoms. The summed E-state index contributed by atoms with van der Waals surface area (Å²) in [7, 11) is 1.66. The van der Waals surface area contributed by atoms with E-state index in [0.29, 0.717) is 6.54 Å². The SMILES string of the molecule is COc1ccc(NCC(C)(O)c2ccccc2)cc1C. The summed E-state index contributed by atoms with van der Waals surface area (Å²) in [6, 6.07) is 15.6. The highest BCUT2D eigenvalue weighted by Gasteiger charge is 2.22. The first kappa shape index (κ1) is 14.4. The molecule has 2 aromatic rings. The van der Waals surface area contributed by atoms with Gasteiger partial charge in [0.1, 0.15) is 11.4 Å². The highest BCUT2D eigenvalue weighted by atomic mass is 16.5. The number of ether oxygens (including phenoxy) is 1. The molecule has 0 aromatic heterocycles. The highest BCUT2D eigenvalue weighted by Crippen LogP contribution is 2.24. The van der Waals surface area contributed by atoms with Gasteiger partial charge in [-0.15, -0.1) is 0 Å². The van der Waals surface area contributed by atoms with Crippen LogP contribution < -0.4 is 10.1 Å². The Morgan fingerprint density at radius 1 is 1.15 bits per heavy atom. The van der Waals surface area contributed by atoms with Crippen molar-refractivity contribution >= 4 is 5.69 Å². The Kier molecular flexibility index (Phi) is 4.30. The molecule has 2 aromatic carbocycles. The van der Waals surface area contributed by atoms with E-state index < -0.39 is 5.60 Å². The topological polar surface area (TPSA) is 41.5 Å². The first-order valence-electron chi connectivity index (χ1n) is 6.69. The quantitative estimate of drug-likeness (QED) is 0.876. The third-order valence-electron chi connectivity index (χ3n) is 3.43. The Balaban J connectivity index is 2.06. The summed E-state index contributed by atoms with van der Waals surface area (Å²) in [4.78, 5) is 0.